The van der Waals surface area contributed by atoms with E-state index < -0.39 is 6.29 Å². The quantitative estimate of drug-likeness (QED) is 0.225. The summed E-state index contributed by atoms with van der Waals surface area (Å²) in [6, 6.07) is 29.8. The topological polar surface area (TPSA) is 117 Å². The number of fused-ring (bicyclic) bond motifs is 2. The SMILES string of the molecule is O=C1c2ccccc2C(=O)N1c1cccc(C2OC(CN3CCC(n4c(=O)[nH]c5ccccc54)CC3)CC(c3ccc(CO)cc3)O2)c1. The Hall–Kier alpha value is -4.87. The maximum atomic E-state index is 13.2. The molecule has 4 heterocycles. The first-order valence-electron chi connectivity index (χ1n) is 16.5. The van der Waals surface area contributed by atoms with Crippen LogP contribution in [0.1, 0.15) is 75.1 Å². The first-order valence-corrected chi connectivity index (χ1v) is 16.5. The van der Waals surface area contributed by atoms with Crippen LogP contribution >= 0.6 is 0 Å². The van der Waals surface area contributed by atoms with Crippen molar-refractivity contribution in [3.8, 4) is 0 Å². The van der Waals surface area contributed by atoms with Crippen molar-refractivity contribution in [2.24, 2.45) is 0 Å². The molecule has 0 saturated carbocycles. The van der Waals surface area contributed by atoms with Crippen molar-refractivity contribution in [2.75, 3.05) is 24.5 Å². The summed E-state index contributed by atoms with van der Waals surface area (Å²) in [7, 11) is 0. The molecule has 10 nitrogen and oxygen atoms in total. The molecule has 3 unspecified atom stereocenters. The van der Waals surface area contributed by atoms with Crippen molar-refractivity contribution in [1.29, 1.82) is 0 Å². The number of aliphatic hydroxyl groups excluding tert-OH is 1. The molecule has 244 valence electrons. The zero-order valence-electron chi connectivity index (χ0n) is 26.3. The maximum Gasteiger partial charge on any atom is 0.326 e. The summed E-state index contributed by atoms with van der Waals surface area (Å²) in [4.78, 5) is 45.9. The van der Waals surface area contributed by atoms with E-state index in [1.165, 1.54) is 4.90 Å². The molecule has 10 heteroatoms. The van der Waals surface area contributed by atoms with Gasteiger partial charge in [0.25, 0.3) is 11.8 Å². The molecule has 48 heavy (non-hydrogen) atoms. The number of nitrogens with one attached hydrogen (secondary N) is 1. The third kappa shape index (κ3) is 5.56. The van der Waals surface area contributed by atoms with Crippen LogP contribution in [0.4, 0.5) is 5.69 Å². The first kappa shape index (κ1) is 30.5. The van der Waals surface area contributed by atoms with Crippen molar-refractivity contribution >= 4 is 28.5 Å². The Kier molecular flexibility index (Phi) is 8.01. The lowest BCUT2D eigenvalue weighted by Crippen LogP contribution is -2.43. The lowest BCUT2D eigenvalue weighted by Gasteiger charge is -2.40. The fourth-order valence-corrected chi connectivity index (χ4v) is 7.35. The van der Waals surface area contributed by atoms with E-state index in [0.29, 0.717) is 35.3 Å². The van der Waals surface area contributed by atoms with Crippen LogP contribution in [-0.2, 0) is 16.1 Å². The summed E-state index contributed by atoms with van der Waals surface area (Å²) in [6.45, 7) is 2.31. The Morgan fingerprint density at radius 3 is 2.21 bits per heavy atom. The largest absolute Gasteiger partial charge is 0.392 e. The van der Waals surface area contributed by atoms with Gasteiger partial charge in [-0.15, -0.1) is 0 Å². The number of rotatable bonds is 7. The first-order chi connectivity index (χ1) is 23.5. The molecule has 3 aliphatic rings. The van der Waals surface area contributed by atoms with E-state index in [0.717, 1.165) is 48.1 Å². The predicted octanol–water partition coefficient (Wildman–Crippen LogP) is 5.51. The number of hydrogen-bond donors (Lipinski definition) is 2. The number of para-hydroxylation sites is 2. The van der Waals surface area contributed by atoms with E-state index in [9.17, 15) is 19.5 Å². The highest BCUT2D eigenvalue weighted by atomic mass is 16.7. The number of anilines is 1. The third-order valence-electron chi connectivity index (χ3n) is 9.82. The van der Waals surface area contributed by atoms with E-state index in [2.05, 4.69) is 9.88 Å². The molecule has 0 bridgehead atoms. The fraction of sp³-hybridized carbons (Fsp3) is 0.289. The minimum Gasteiger partial charge on any atom is -0.392 e. The van der Waals surface area contributed by atoms with Crippen LogP contribution in [-0.4, -0.2) is 57.1 Å². The molecule has 3 atom stereocenters. The molecule has 4 aromatic carbocycles. The number of likely N-dealkylation sites (tertiary alicyclic amines) is 1. The van der Waals surface area contributed by atoms with Gasteiger partial charge < -0.3 is 24.5 Å². The van der Waals surface area contributed by atoms with Gasteiger partial charge in [0.15, 0.2) is 6.29 Å². The molecule has 0 radical (unpaired) electrons. The number of benzene rings is 4. The van der Waals surface area contributed by atoms with Crippen molar-refractivity contribution in [2.45, 2.75) is 50.4 Å². The smallest absolute Gasteiger partial charge is 0.326 e. The molecule has 8 rings (SSSR count). The molecule has 2 saturated heterocycles. The second-order valence-corrected chi connectivity index (χ2v) is 12.8. The number of hydrogen-bond acceptors (Lipinski definition) is 7. The Balaban J connectivity index is 1.02. The van der Waals surface area contributed by atoms with Crippen LogP contribution in [0.15, 0.2) is 102 Å². The standard InChI is InChI=1S/C38H36N4O6/c43-23-24-12-14-25(15-13-24)34-21-29(22-40-18-16-27(17-19-40)41-33-11-4-3-10-32(33)39-38(41)46)47-37(48-34)26-6-5-7-28(20-26)42-35(44)30-8-1-2-9-31(30)36(42)45/h1-15,20,27,29,34,37,43H,16-19,21-23H2,(H,39,46). The molecule has 5 aromatic rings. The summed E-state index contributed by atoms with van der Waals surface area (Å²) < 4.78 is 15.1. The van der Waals surface area contributed by atoms with E-state index in [1.54, 1.807) is 36.4 Å². The minimum atomic E-state index is -0.733. The zero-order valence-corrected chi connectivity index (χ0v) is 26.3. The van der Waals surface area contributed by atoms with Crippen LogP contribution in [0.25, 0.3) is 11.0 Å². The van der Waals surface area contributed by atoms with Gasteiger partial charge in [0.1, 0.15) is 0 Å². The Morgan fingerprint density at radius 2 is 1.48 bits per heavy atom. The number of carbonyl (C=O) groups excluding carboxylic acids is 2. The van der Waals surface area contributed by atoms with Gasteiger partial charge >= 0.3 is 5.69 Å². The Morgan fingerprint density at radius 1 is 0.771 bits per heavy atom. The van der Waals surface area contributed by atoms with Gasteiger partial charge in [0.05, 0.1) is 46.7 Å². The van der Waals surface area contributed by atoms with E-state index >= 15 is 0 Å². The van der Waals surface area contributed by atoms with Crippen LogP contribution in [0, 0.1) is 0 Å². The number of imide groups is 1. The van der Waals surface area contributed by atoms with Gasteiger partial charge in [-0.1, -0.05) is 60.7 Å². The maximum absolute atomic E-state index is 13.2. The predicted molar refractivity (Wildman–Crippen MR) is 180 cm³/mol. The highest BCUT2D eigenvalue weighted by Crippen LogP contribution is 2.40. The number of aromatic nitrogens is 2. The molecule has 3 aliphatic heterocycles. The summed E-state index contributed by atoms with van der Waals surface area (Å²) in [6.07, 6.45) is 1.16. The van der Waals surface area contributed by atoms with Crippen LogP contribution < -0.4 is 10.6 Å². The second-order valence-electron chi connectivity index (χ2n) is 12.8. The van der Waals surface area contributed by atoms with Gasteiger partial charge in [0, 0.05) is 37.7 Å². The summed E-state index contributed by atoms with van der Waals surface area (Å²) in [5.74, 6) is -0.701. The number of piperidine rings is 1. The number of aliphatic hydroxyl groups is 1. The van der Waals surface area contributed by atoms with Gasteiger partial charge in [0.2, 0.25) is 0 Å². The Labute approximate surface area is 277 Å². The van der Waals surface area contributed by atoms with Crippen molar-refractivity contribution in [1.82, 2.24) is 14.5 Å². The van der Waals surface area contributed by atoms with Gasteiger partial charge in [-0.2, -0.15) is 0 Å². The van der Waals surface area contributed by atoms with Crippen molar-refractivity contribution in [3.63, 3.8) is 0 Å². The average Bonchev–Trinajstić information content (AvgIpc) is 3.60. The molecule has 2 fully saturated rings. The number of carbonyl (C=O) groups is 2. The monoisotopic (exact) mass is 644 g/mol. The zero-order chi connectivity index (χ0) is 32.8. The third-order valence-corrected chi connectivity index (χ3v) is 9.82. The number of amides is 2. The van der Waals surface area contributed by atoms with Gasteiger partial charge in [-0.25, -0.2) is 9.69 Å². The van der Waals surface area contributed by atoms with Gasteiger partial charge in [-0.05, 0) is 60.4 Å². The van der Waals surface area contributed by atoms with E-state index in [4.69, 9.17) is 9.47 Å². The summed E-state index contributed by atoms with van der Waals surface area (Å²) >= 11 is 0. The van der Waals surface area contributed by atoms with Crippen LogP contribution in [0.2, 0.25) is 0 Å². The minimum absolute atomic E-state index is 0.0363. The molecular formula is C38H36N4O6. The number of aromatic amines is 1. The average molecular weight is 645 g/mol. The van der Waals surface area contributed by atoms with Crippen LogP contribution in [0.3, 0.4) is 0 Å². The van der Waals surface area contributed by atoms with E-state index in [-0.39, 0.29) is 42.4 Å². The summed E-state index contributed by atoms with van der Waals surface area (Å²) in [5, 5.41) is 9.58. The molecule has 1 aromatic heterocycles. The molecule has 0 spiro atoms. The number of nitrogens with zero attached hydrogens (tertiary/aromatic N) is 3. The van der Waals surface area contributed by atoms with Gasteiger partial charge in [-0.3, -0.25) is 14.2 Å². The molecule has 0 aliphatic carbocycles. The summed E-state index contributed by atoms with van der Waals surface area (Å²) in [5.41, 5.74) is 5.50. The van der Waals surface area contributed by atoms with Crippen molar-refractivity contribution < 1.29 is 24.2 Å². The number of H-pyrrole nitrogens is 1. The highest BCUT2D eigenvalue weighted by Gasteiger charge is 2.38. The lowest BCUT2D eigenvalue weighted by molar-refractivity contribution is -0.253. The lowest BCUT2D eigenvalue weighted by atomic mass is 9.98. The highest BCUT2D eigenvalue weighted by molar-refractivity contribution is 6.34. The molecular weight excluding hydrogens is 608 g/mol. The normalized spacial score (nSPS) is 22.0. The number of imidazole rings is 1. The Bertz CT molecular complexity index is 2010. The second kappa shape index (κ2) is 12.6. The molecule has 2 amide bonds. The van der Waals surface area contributed by atoms with E-state index in [1.807, 2.05) is 65.2 Å². The fourth-order valence-electron chi connectivity index (χ4n) is 7.35. The van der Waals surface area contributed by atoms with Crippen LogP contribution in [0.5, 0.6) is 0 Å². The number of ether oxygens (including phenoxy) is 2. The van der Waals surface area contributed by atoms with Crippen molar-refractivity contribution in [3.05, 3.63) is 135 Å². The molecule has 2 N–H and O–H groups in total.